The van der Waals surface area contributed by atoms with Gasteiger partial charge in [-0.1, -0.05) is 30.3 Å². The van der Waals surface area contributed by atoms with E-state index in [1.807, 2.05) is 48.2 Å². The van der Waals surface area contributed by atoms with Gasteiger partial charge in [0.25, 0.3) is 0 Å². The molecule has 2 aromatic heterocycles. The lowest BCUT2D eigenvalue weighted by Gasteiger charge is -2.30. The molecule has 1 aliphatic rings. The number of oxazole rings is 1. The summed E-state index contributed by atoms with van der Waals surface area (Å²) in [6.45, 7) is 0. The first kappa shape index (κ1) is 18.2. The molecule has 3 heterocycles. The summed E-state index contributed by atoms with van der Waals surface area (Å²) in [6.07, 6.45) is 6.13. The van der Waals surface area contributed by atoms with Crippen molar-refractivity contribution in [3.05, 3.63) is 90.0 Å². The zero-order valence-corrected chi connectivity index (χ0v) is 17.2. The summed E-state index contributed by atoms with van der Waals surface area (Å²) in [5.41, 5.74) is 7.04. The van der Waals surface area contributed by atoms with Gasteiger partial charge in [0.05, 0.1) is 20.4 Å². The van der Waals surface area contributed by atoms with E-state index in [9.17, 15) is 0 Å². The minimum Gasteiger partial charge on any atom is -0.497 e. The van der Waals surface area contributed by atoms with E-state index in [0.29, 0.717) is 5.89 Å². The Labute approximate surface area is 175 Å². The molecule has 1 aliphatic heterocycles. The van der Waals surface area contributed by atoms with E-state index in [0.717, 1.165) is 45.1 Å². The molecule has 5 heteroatoms. The molecule has 0 aliphatic carbocycles. The van der Waals surface area contributed by atoms with Gasteiger partial charge < -0.3 is 14.1 Å². The first-order valence-corrected chi connectivity index (χ1v) is 9.80. The third-order valence-electron chi connectivity index (χ3n) is 5.42. The zero-order chi connectivity index (χ0) is 20.7. The molecule has 5 nitrogen and oxygen atoms in total. The van der Waals surface area contributed by atoms with Crippen molar-refractivity contribution in [2.75, 3.05) is 19.1 Å². The number of aromatic nitrogens is 2. The Balaban J connectivity index is 1.71. The molecule has 2 aromatic carbocycles. The van der Waals surface area contributed by atoms with Crippen LogP contribution in [0, 0.1) is 0 Å². The van der Waals surface area contributed by atoms with E-state index >= 15 is 0 Å². The van der Waals surface area contributed by atoms with Crippen LogP contribution in [0.4, 0.5) is 5.69 Å². The smallest absolute Gasteiger partial charge is 0.370 e. The average molecular weight is 396 g/mol. The number of allylic oxidation sites excluding steroid dienone is 2. The van der Waals surface area contributed by atoms with Crippen molar-refractivity contribution >= 4 is 34.3 Å². The fourth-order valence-electron chi connectivity index (χ4n) is 3.85. The van der Waals surface area contributed by atoms with E-state index in [4.69, 9.17) is 9.15 Å². The van der Waals surface area contributed by atoms with Crippen molar-refractivity contribution in [3.8, 4) is 5.75 Å². The van der Waals surface area contributed by atoms with Gasteiger partial charge >= 0.3 is 11.5 Å². The lowest BCUT2D eigenvalue weighted by Crippen LogP contribution is -2.28. The molecule has 0 amide bonds. The number of nitrogens with zero attached hydrogens (tertiary/aromatic N) is 3. The van der Waals surface area contributed by atoms with Crippen LogP contribution in [0.15, 0.2) is 77.4 Å². The maximum Gasteiger partial charge on any atom is 0.370 e. The highest BCUT2D eigenvalue weighted by Gasteiger charge is 2.23. The largest absolute Gasteiger partial charge is 0.497 e. The van der Waals surface area contributed by atoms with Crippen LogP contribution in [0.25, 0.3) is 28.6 Å². The Morgan fingerprint density at radius 2 is 1.90 bits per heavy atom. The normalized spacial score (nSPS) is 14.7. The monoisotopic (exact) mass is 396 g/mol. The number of pyridine rings is 1. The second-order valence-electron chi connectivity index (χ2n) is 7.30. The Morgan fingerprint density at radius 1 is 1.07 bits per heavy atom. The predicted octanol–water partition coefficient (Wildman–Crippen LogP) is 4.69. The van der Waals surface area contributed by atoms with Gasteiger partial charge in [0.2, 0.25) is 5.58 Å². The van der Waals surface area contributed by atoms with E-state index < -0.39 is 0 Å². The molecular weight excluding hydrogens is 374 g/mol. The van der Waals surface area contributed by atoms with E-state index in [1.165, 1.54) is 0 Å². The number of hydrogen-bond donors (Lipinski definition) is 0. The fourth-order valence-corrected chi connectivity index (χ4v) is 3.85. The zero-order valence-electron chi connectivity index (χ0n) is 17.2. The fraction of sp³-hybridized carbons (Fsp3) is 0.120. The predicted molar refractivity (Wildman–Crippen MR) is 119 cm³/mol. The second-order valence-corrected chi connectivity index (χ2v) is 7.30. The molecule has 4 aromatic rings. The Hall–Kier alpha value is -3.86. The summed E-state index contributed by atoms with van der Waals surface area (Å²) in [6, 6.07) is 20.4. The molecule has 0 unspecified atom stereocenters. The number of aryl methyl sites for hydroxylation is 1. The van der Waals surface area contributed by atoms with Gasteiger partial charge in [-0.25, -0.2) is 4.57 Å². The number of rotatable bonds is 3. The summed E-state index contributed by atoms with van der Waals surface area (Å²) in [7, 11) is 5.73. The van der Waals surface area contributed by atoms with Gasteiger partial charge in [-0.3, -0.25) is 0 Å². The van der Waals surface area contributed by atoms with Crippen molar-refractivity contribution in [2.45, 2.75) is 0 Å². The van der Waals surface area contributed by atoms with Crippen LogP contribution in [-0.2, 0) is 7.05 Å². The van der Waals surface area contributed by atoms with Gasteiger partial charge in [0, 0.05) is 35.1 Å². The molecule has 0 radical (unpaired) electrons. The molecule has 0 bridgehead atoms. The number of benzene rings is 2. The molecule has 0 saturated carbocycles. The van der Waals surface area contributed by atoms with Gasteiger partial charge in [-0.15, -0.1) is 0 Å². The van der Waals surface area contributed by atoms with Crippen molar-refractivity contribution in [2.24, 2.45) is 7.05 Å². The van der Waals surface area contributed by atoms with Crippen LogP contribution in [0.1, 0.15) is 17.0 Å². The van der Waals surface area contributed by atoms with Crippen molar-refractivity contribution < 1.29 is 13.7 Å². The minimum atomic E-state index is 0.573. The van der Waals surface area contributed by atoms with Gasteiger partial charge in [0.15, 0.2) is 0 Å². The Bertz CT molecular complexity index is 1300. The molecule has 30 heavy (non-hydrogen) atoms. The Morgan fingerprint density at radius 3 is 2.67 bits per heavy atom. The summed E-state index contributed by atoms with van der Waals surface area (Å²) in [5.74, 6) is 1.39. The molecule has 0 fully saturated rings. The van der Waals surface area contributed by atoms with Crippen LogP contribution < -0.4 is 14.2 Å². The highest BCUT2D eigenvalue weighted by molar-refractivity contribution is 6.03. The minimum absolute atomic E-state index is 0.573. The SMILES string of the molecule is COc1ccc2c(c1)/C(=C/c1nc3c(ccc[n+]3C)o1)C=C(c1ccccc1)N2C. The van der Waals surface area contributed by atoms with Gasteiger partial charge in [0.1, 0.15) is 5.75 Å². The molecule has 148 valence electrons. The number of anilines is 1. The summed E-state index contributed by atoms with van der Waals surface area (Å²) in [5, 5.41) is 0. The topological polar surface area (TPSA) is 42.4 Å². The number of methoxy groups -OCH3 is 1. The van der Waals surface area contributed by atoms with Gasteiger partial charge in [-0.05, 0) is 47.5 Å². The van der Waals surface area contributed by atoms with Crippen molar-refractivity contribution in [1.29, 1.82) is 0 Å². The molecule has 0 atom stereocenters. The summed E-state index contributed by atoms with van der Waals surface area (Å²) < 4.78 is 13.4. The third kappa shape index (κ3) is 3.05. The third-order valence-corrected chi connectivity index (χ3v) is 5.42. The molecule has 0 saturated heterocycles. The van der Waals surface area contributed by atoms with Gasteiger partial charge in [-0.2, -0.15) is 0 Å². The number of hydrogen-bond acceptors (Lipinski definition) is 4. The van der Waals surface area contributed by atoms with Crippen molar-refractivity contribution in [1.82, 2.24) is 4.98 Å². The standard InChI is InChI=1S/C25H22N3O2/c1-27-13-7-10-23-25(27)26-24(30-23)15-18-14-22(17-8-5-4-6-9-17)28(2)21-12-11-19(29-3)16-20(18)21/h4-16H,1-3H3/q+1. The van der Waals surface area contributed by atoms with Crippen molar-refractivity contribution in [3.63, 3.8) is 0 Å². The maximum atomic E-state index is 6.01. The van der Waals surface area contributed by atoms with E-state index in [2.05, 4.69) is 59.4 Å². The Kier molecular flexibility index (Phi) is 4.36. The quantitative estimate of drug-likeness (QED) is 0.471. The van der Waals surface area contributed by atoms with E-state index in [-0.39, 0.29) is 0 Å². The molecule has 5 rings (SSSR count). The first-order chi connectivity index (χ1) is 14.6. The maximum absolute atomic E-state index is 6.01. The highest BCUT2D eigenvalue weighted by Crippen LogP contribution is 2.41. The number of fused-ring (bicyclic) bond motifs is 2. The van der Waals surface area contributed by atoms with Crippen LogP contribution in [0.3, 0.4) is 0 Å². The lowest BCUT2D eigenvalue weighted by molar-refractivity contribution is -0.646. The van der Waals surface area contributed by atoms with Crippen LogP contribution in [0.5, 0.6) is 5.75 Å². The molecular formula is C25H22N3O2+. The highest BCUT2D eigenvalue weighted by atomic mass is 16.5. The van der Waals surface area contributed by atoms with Crippen LogP contribution >= 0.6 is 0 Å². The lowest BCUT2D eigenvalue weighted by atomic mass is 9.94. The second kappa shape index (κ2) is 7.19. The van der Waals surface area contributed by atoms with Crippen LogP contribution in [-0.4, -0.2) is 19.1 Å². The molecule has 0 N–H and O–H groups in total. The molecule has 0 spiro atoms. The number of ether oxygens (including phenoxy) is 1. The van der Waals surface area contributed by atoms with Crippen LogP contribution in [0.2, 0.25) is 0 Å². The van der Waals surface area contributed by atoms with E-state index in [1.54, 1.807) is 7.11 Å². The average Bonchev–Trinajstić information content (AvgIpc) is 3.20. The first-order valence-electron chi connectivity index (χ1n) is 9.80. The summed E-state index contributed by atoms with van der Waals surface area (Å²) >= 11 is 0. The summed E-state index contributed by atoms with van der Waals surface area (Å²) in [4.78, 5) is 6.89.